The summed E-state index contributed by atoms with van der Waals surface area (Å²) in [4.78, 5) is 25.5. The highest BCUT2D eigenvalue weighted by Gasteiger charge is 2.48. The predicted molar refractivity (Wildman–Crippen MR) is 110 cm³/mol. The number of ketones is 1. The van der Waals surface area contributed by atoms with Gasteiger partial charge >= 0.3 is 5.97 Å². The first-order chi connectivity index (χ1) is 14.1. The molecular weight excluding hydrogens is 388 g/mol. The fourth-order valence-electron chi connectivity index (χ4n) is 5.40. The van der Waals surface area contributed by atoms with Crippen molar-refractivity contribution < 1.29 is 34.4 Å². The SMILES string of the molecule is CCCC1C(O)=C2CCCC3(C)CC(C)C(O3)C(O)C(O)C(C)C(=O)CC1OC2=O. The van der Waals surface area contributed by atoms with E-state index in [1.54, 1.807) is 6.92 Å². The molecule has 4 heterocycles. The van der Waals surface area contributed by atoms with E-state index < -0.39 is 47.8 Å². The van der Waals surface area contributed by atoms with Crippen LogP contribution in [0.25, 0.3) is 0 Å². The Balaban J connectivity index is 1.95. The van der Waals surface area contributed by atoms with Crippen LogP contribution < -0.4 is 0 Å². The molecule has 8 unspecified atom stereocenters. The standard InChI is InChI=1S/C23H36O7/c1-5-7-14-17-10-16(24)13(3)18(25)20(27)21-12(2)11-23(4,30-21)9-6-8-15(19(14)26)22(28)29-17/h12-14,17-18,20-21,25-27H,5-11H2,1-4H3. The van der Waals surface area contributed by atoms with Crippen molar-refractivity contribution in [2.45, 2.75) is 103 Å². The zero-order valence-electron chi connectivity index (χ0n) is 18.5. The molecule has 2 saturated heterocycles. The highest BCUT2D eigenvalue weighted by Crippen LogP contribution is 2.42. The molecule has 0 aromatic heterocycles. The molecule has 0 amide bonds. The Labute approximate surface area is 178 Å². The van der Waals surface area contributed by atoms with Crippen molar-refractivity contribution in [2.24, 2.45) is 17.8 Å². The maximum Gasteiger partial charge on any atom is 0.337 e. The summed E-state index contributed by atoms with van der Waals surface area (Å²) in [7, 11) is 0. The summed E-state index contributed by atoms with van der Waals surface area (Å²) >= 11 is 0. The number of esters is 1. The molecule has 0 aliphatic carbocycles. The predicted octanol–water partition coefficient (Wildman–Crippen LogP) is 2.82. The Hall–Kier alpha value is -1.44. The Bertz CT molecular complexity index is 702. The molecule has 4 rings (SSSR count). The fourth-order valence-corrected chi connectivity index (χ4v) is 5.40. The van der Waals surface area contributed by atoms with E-state index in [0.29, 0.717) is 37.7 Å². The first-order valence-electron chi connectivity index (χ1n) is 11.3. The number of carbonyl (C=O) groups excluding carboxylic acids is 2. The van der Waals surface area contributed by atoms with Crippen LogP contribution in [0.3, 0.4) is 0 Å². The van der Waals surface area contributed by atoms with Crippen molar-refractivity contribution >= 4 is 11.8 Å². The smallest absolute Gasteiger partial charge is 0.337 e. The lowest BCUT2D eigenvalue weighted by atomic mass is 9.81. The van der Waals surface area contributed by atoms with E-state index in [-0.39, 0.29) is 23.9 Å². The second-order valence-electron chi connectivity index (χ2n) is 9.71. The Morgan fingerprint density at radius 2 is 1.87 bits per heavy atom. The summed E-state index contributed by atoms with van der Waals surface area (Å²) in [6.07, 6.45) is -0.129. The Morgan fingerprint density at radius 3 is 2.53 bits per heavy atom. The summed E-state index contributed by atoms with van der Waals surface area (Å²) < 4.78 is 11.8. The van der Waals surface area contributed by atoms with Crippen LogP contribution in [0.1, 0.15) is 72.6 Å². The maximum atomic E-state index is 12.9. The third-order valence-electron chi connectivity index (χ3n) is 7.19. The van der Waals surface area contributed by atoms with Crippen molar-refractivity contribution in [3.63, 3.8) is 0 Å². The molecule has 0 spiro atoms. The van der Waals surface area contributed by atoms with Crippen LogP contribution in [0, 0.1) is 17.8 Å². The van der Waals surface area contributed by atoms with Crippen molar-refractivity contribution in [3.8, 4) is 0 Å². The van der Waals surface area contributed by atoms with E-state index in [1.165, 1.54) is 0 Å². The summed E-state index contributed by atoms with van der Waals surface area (Å²) in [6.45, 7) is 7.50. The summed E-state index contributed by atoms with van der Waals surface area (Å²) in [6, 6.07) is 0. The topological polar surface area (TPSA) is 113 Å². The van der Waals surface area contributed by atoms with E-state index in [2.05, 4.69) is 0 Å². The highest BCUT2D eigenvalue weighted by molar-refractivity contribution is 5.91. The molecule has 0 aromatic rings. The molecule has 0 radical (unpaired) electrons. The molecule has 4 bridgehead atoms. The van der Waals surface area contributed by atoms with Gasteiger partial charge in [-0.15, -0.1) is 0 Å². The molecule has 8 atom stereocenters. The van der Waals surface area contributed by atoms with E-state index in [1.807, 2.05) is 20.8 Å². The molecule has 4 aliphatic rings. The zero-order valence-corrected chi connectivity index (χ0v) is 18.5. The molecular formula is C23H36O7. The second kappa shape index (κ2) is 8.97. The van der Waals surface area contributed by atoms with Crippen LogP contribution in [0.5, 0.6) is 0 Å². The number of aliphatic hydroxyl groups is 3. The Morgan fingerprint density at radius 1 is 1.17 bits per heavy atom. The molecule has 0 saturated carbocycles. The van der Waals surface area contributed by atoms with E-state index in [0.717, 1.165) is 6.42 Å². The molecule has 2 fully saturated rings. The van der Waals surface area contributed by atoms with Crippen LogP contribution in [0.4, 0.5) is 0 Å². The van der Waals surface area contributed by atoms with Gasteiger partial charge in [0.2, 0.25) is 0 Å². The molecule has 7 heteroatoms. The lowest BCUT2D eigenvalue weighted by Crippen LogP contribution is -2.46. The largest absolute Gasteiger partial charge is 0.511 e. The van der Waals surface area contributed by atoms with Gasteiger partial charge in [-0.25, -0.2) is 4.79 Å². The van der Waals surface area contributed by atoms with E-state index >= 15 is 0 Å². The lowest BCUT2D eigenvalue weighted by Gasteiger charge is -2.33. The minimum absolute atomic E-state index is 0.0258. The molecule has 170 valence electrons. The zero-order chi connectivity index (χ0) is 22.2. The van der Waals surface area contributed by atoms with Crippen molar-refractivity contribution in [1.29, 1.82) is 0 Å². The van der Waals surface area contributed by atoms with Gasteiger partial charge < -0.3 is 24.8 Å². The first-order valence-corrected chi connectivity index (χ1v) is 11.3. The average molecular weight is 425 g/mol. The third kappa shape index (κ3) is 4.43. The fraction of sp³-hybridized carbons (Fsp3) is 0.826. The normalized spacial score (nSPS) is 43.3. The average Bonchev–Trinajstić information content (AvgIpc) is 2.99. The second-order valence-corrected chi connectivity index (χ2v) is 9.71. The summed E-state index contributed by atoms with van der Waals surface area (Å²) in [5.41, 5.74) is -0.204. The monoisotopic (exact) mass is 424 g/mol. The first kappa shape index (κ1) is 23.2. The number of Topliss-reactive ketones (excluding diaryl/α,β-unsaturated/α-hetero) is 1. The van der Waals surface area contributed by atoms with Crippen LogP contribution in [-0.2, 0) is 19.1 Å². The van der Waals surface area contributed by atoms with Gasteiger partial charge in [0.1, 0.15) is 23.8 Å². The minimum atomic E-state index is -1.28. The molecule has 0 aromatic carbocycles. The van der Waals surface area contributed by atoms with Crippen LogP contribution in [0.2, 0.25) is 0 Å². The van der Waals surface area contributed by atoms with Gasteiger partial charge in [0, 0.05) is 12.3 Å². The minimum Gasteiger partial charge on any atom is -0.511 e. The quantitative estimate of drug-likeness (QED) is 0.584. The number of ether oxygens (including phenoxy) is 2. The summed E-state index contributed by atoms with van der Waals surface area (Å²) in [5, 5.41) is 32.4. The number of aliphatic hydroxyl groups excluding tert-OH is 3. The highest BCUT2D eigenvalue weighted by atomic mass is 16.5. The van der Waals surface area contributed by atoms with Crippen molar-refractivity contribution in [1.82, 2.24) is 0 Å². The van der Waals surface area contributed by atoms with Crippen LogP contribution >= 0.6 is 0 Å². The Kier molecular flexibility index (Phi) is 6.94. The van der Waals surface area contributed by atoms with E-state index in [4.69, 9.17) is 9.47 Å². The van der Waals surface area contributed by atoms with Gasteiger partial charge in [-0.3, -0.25) is 4.79 Å². The number of fused-ring (bicyclic) bond motifs is 8. The van der Waals surface area contributed by atoms with Crippen molar-refractivity contribution in [2.75, 3.05) is 0 Å². The van der Waals surface area contributed by atoms with Gasteiger partial charge in [0.15, 0.2) is 0 Å². The molecule has 3 N–H and O–H groups in total. The number of hydrogen-bond acceptors (Lipinski definition) is 7. The summed E-state index contributed by atoms with van der Waals surface area (Å²) in [5.74, 6) is -2.07. The van der Waals surface area contributed by atoms with Gasteiger partial charge in [-0.1, -0.05) is 27.2 Å². The van der Waals surface area contributed by atoms with Gasteiger partial charge in [-0.05, 0) is 44.9 Å². The molecule has 30 heavy (non-hydrogen) atoms. The van der Waals surface area contributed by atoms with Gasteiger partial charge in [0.05, 0.1) is 29.3 Å². The van der Waals surface area contributed by atoms with Gasteiger partial charge in [-0.2, -0.15) is 0 Å². The van der Waals surface area contributed by atoms with E-state index in [9.17, 15) is 24.9 Å². The van der Waals surface area contributed by atoms with Crippen LogP contribution in [0.15, 0.2) is 11.3 Å². The van der Waals surface area contributed by atoms with Gasteiger partial charge in [0.25, 0.3) is 0 Å². The maximum absolute atomic E-state index is 12.9. The molecule has 4 aliphatic heterocycles. The third-order valence-corrected chi connectivity index (χ3v) is 7.19. The molecule has 7 nitrogen and oxygen atoms in total. The number of hydrogen-bond donors (Lipinski definition) is 3. The van der Waals surface area contributed by atoms with Crippen LogP contribution in [-0.4, -0.2) is 57.1 Å². The van der Waals surface area contributed by atoms with Crippen molar-refractivity contribution in [3.05, 3.63) is 11.3 Å². The lowest BCUT2D eigenvalue weighted by molar-refractivity contribution is -0.154. The number of rotatable bonds is 2. The number of carbonyl (C=O) groups is 2.